The minimum Gasteiger partial charge on any atom is -0.456 e. The SMILES string of the molecule is c1ccc(-c2nc(-c3cccc4c(-c5cccc6oc7ccccc7c56)cccc34)nc(-c3cccc4oc5ccncc5c34)n2)cc1. The van der Waals surface area contributed by atoms with E-state index >= 15 is 0 Å². The van der Waals surface area contributed by atoms with Gasteiger partial charge in [0.05, 0.1) is 0 Å². The monoisotopic (exact) mass is 616 g/mol. The van der Waals surface area contributed by atoms with Gasteiger partial charge in [0, 0.05) is 50.6 Å². The summed E-state index contributed by atoms with van der Waals surface area (Å²) in [6.07, 6.45) is 3.57. The van der Waals surface area contributed by atoms with Crippen molar-refractivity contribution in [2.45, 2.75) is 0 Å². The third-order valence-corrected chi connectivity index (χ3v) is 9.06. The standard InChI is InChI=1S/C42H24N4O2/c1-2-10-25(11-3-1)40-44-41(46-42(45-40)32-18-9-21-37-39(32)33-24-43-23-22-35(33)48-37)30-17-7-13-26-27(14-6-15-28(26)30)29-16-8-20-36-38(29)31-12-4-5-19-34(31)47-36/h1-24H. The number of pyridine rings is 1. The predicted molar refractivity (Wildman–Crippen MR) is 191 cm³/mol. The van der Waals surface area contributed by atoms with Crippen molar-refractivity contribution in [2.24, 2.45) is 0 Å². The Morgan fingerprint density at radius 1 is 0.354 bits per heavy atom. The fourth-order valence-corrected chi connectivity index (χ4v) is 6.93. The molecule has 0 radical (unpaired) electrons. The van der Waals surface area contributed by atoms with Gasteiger partial charge in [-0.05, 0) is 46.2 Å². The van der Waals surface area contributed by atoms with Crippen molar-refractivity contribution in [1.82, 2.24) is 19.9 Å². The Hall–Kier alpha value is -6.66. The molecular weight excluding hydrogens is 592 g/mol. The fraction of sp³-hybridized carbons (Fsp3) is 0. The lowest BCUT2D eigenvalue weighted by Gasteiger charge is -2.13. The summed E-state index contributed by atoms with van der Waals surface area (Å²) in [6, 6.07) is 45.1. The smallest absolute Gasteiger partial charge is 0.164 e. The second-order valence-electron chi connectivity index (χ2n) is 11.8. The van der Waals surface area contributed by atoms with Crippen LogP contribution in [0, 0.1) is 0 Å². The highest BCUT2D eigenvalue weighted by molar-refractivity contribution is 6.16. The third kappa shape index (κ3) is 4.06. The molecule has 0 aliphatic rings. The molecule has 6 nitrogen and oxygen atoms in total. The van der Waals surface area contributed by atoms with Gasteiger partial charge in [0.2, 0.25) is 0 Å². The minimum absolute atomic E-state index is 0.568. The number of nitrogens with zero attached hydrogens (tertiary/aromatic N) is 4. The lowest BCUT2D eigenvalue weighted by atomic mass is 9.93. The summed E-state index contributed by atoms with van der Waals surface area (Å²) in [7, 11) is 0. The van der Waals surface area contributed by atoms with Crippen LogP contribution in [0.15, 0.2) is 155 Å². The van der Waals surface area contributed by atoms with Crippen LogP contribution < -0.4 is 0 Å². The molecule has 10 aromatic rings. The number of furan rings is 2. The first-order chi connectivity index (χ1) is 23.8. The van der Waals surface area contributed by atoms with Gasteiger partial charge in [-0.2, -0.15) is 0 Å². The topological polar surface area (TPSA) is 77.8 Å². The summed E-state index contributed by atoms with van der Waals surface area (Å²) in [5, 5.41) is 6.20. The number of rotatable bonds is 4. The first kappa shape index (κ1) is 26.5. The molecule has 0 aliphatic heterocycles. The number of aromatic nitrogens is 4. The average Bonchev–Trinajstić information content (AvgIpc) is 3.73. The Bertz CT molecular complexity index is 2850. The molecule has 0 saturated carbocycles. The van der Waals surface area contributed by atoms with Crippen molar-refractivity contribution >= 4 is 54.6 Å². The van der Waals surface area contributed by atoms with Crippen molar-refractivity contribution in [3.8, 4) is 45.3 Å². The molecule has 0 fully saturated rings. The van der Waals surface area contributed by atoms with Crippen LogP contribution in [-0.4, -0.2) is 19.9 Å². The van der Waals surface area contributed by atoms with E-state index < -0.39 is 0 Å². The molecule has 0 bridgehead atoms. The quantitative estimate of drug-likeness (QED) is 0.196. The van der Waals surface area contributed by atoms with Gasteiger partial charge in [0.25, 0.3) is 0 Å². The van der Waals surface area contributed by atoms with E-state index in [9.17, 15) is 0 Å². The second-order valence-corrected chi connectivity index (χ2v) is 11.8. The molecule has 0 spiro atoms. The van der Waals surface area contributed by atoms with Gasteiger partial charge in [-0.15, -0.1) is 0 Å². The Morgan fingerprint density at radius 2 is 0.896 bits per heavy atom. The molecule has 48 heavy (non-hydrogen) atoms. The number of hydrogen-bond donors (Lipinski definition) is 0. The largest absolute Gasteiger partial charge is 0.456 e. The summed E-state index contributed by atoms with van der Waals surface area (Å²) in [4.78, 5) is 19.7. The molecule has 4 aromatic heterocycles. The Balaban J connectivity index is 1.23. The third-order valence-electron chi connectivity index (χ3n) is 9.06. The molecule has 0 unspecified atom stereocenters. The number of para-hydroxylation sites is 1. The Labute approximate surface area is 274 Å². The van der Waals surface area contributed by atoms with E-state index in [-0.39, 0.29) is 0 Å². The molecule has 6 aromatic carbocycles. The maximum Gasteiger partial charge on any atom is 0.164 e. The normalized spacial score (nSPS) is 11.8. The van der Waals surface area contributed by atoms with Crippen LogP contribution in [0.1, 0.15) is 0 Å². The Kier molecular flexibility index (Phi) is 5.77. The lowest BCUT2D eigenvalue weighted by Crippen LogP contribution is -2.01. The van der Waals surface area contributed by atoms with Crippen LogP contribution in [0.25, 0.3) is 99.9 Å². The summed E-state index contributed by atoms with van der Waals surface area (Å²) in [5.74, 6) is 1.76. The van der Waals surface area contributed by atoms with E-state index in [0.717, 1.165) is 82.5 Å². The molecule has 0 atom stereocenters. The van der Waals surface area contributed by atoms with Crippen molar-refractivity contribution in [3.63, 3.8) is 0 Å². The van der Waals surface area contributed by atoms with Gasteiger partial charge in [0.15, 0.2) is 17.5 Å². The van der Waals surface area contributed by atoms with Gasteiger partial charge < -0.3 is 8.83 Å². The lowest BCUT2D eigenvalue weighted by molar-refractivity contribution is 0.668. The molecule has 0 aliphatic carbocycles. The highest BCUT2D eigenvalue weighted by atomic mass is 16.3. The minimum atomic E-state index is 0.568. The Morgan fingerprint density at radius 3 is 1.71 bits per heavy atom. The molecule has 0 amide bonds. The maximum atomic E-state index is 6.24. The molecule has 6 heteroatoms. The van der Waals surface area contributed by atoms with Gasteiger partial charge in [-0.1, -0.05) is 109 Å². The predicted octanol–water partition coefficient (Wildman–Crippen LogP) is 10.9. The zero-order valence-electron chi connectivity index (χ0n) is 25.5. The first-order valence-electron chi connectivity index (χ1n) is 15.8. The molecule has 224 valence electrons. The maximum absolute atomic E-state index is 6.24. The van der Waals surface area contributed by atoms with E-state index in [1.807, 2.05) is 79.0 Å². The fourth-order valence-electron chi connectivity index (χ4n) is 6.93. The molecular formula is C42H24N4O2. The van der Waals surface area contributed by atoms with Gasteiger partial charge in [0.1, 0.15) is 22.3 Å². The van der Waals surface area contributed by atoms with Gasteiger partial charge in [-0.25, -0.2) is 15.0 Å². The highest BCUT2D eigenvalue weighted by Crippen LogP contribution is 2.41. The molecule has 0 saturated heterocycles. The molecule has 0 N–H and O–H groups in total. The molecule has 10 rings (SSSR count). The van der Waals surface area contributed by atoms with Crippen LogP contribution >= 0.6 is 0 Å². The number of benzene rings is 6. The van der Waals surface area contributed by atoms with Crippen LogP contribution in [0.3, 0.4) is 0 Å². The molecule has 4 heterocycles. The first-order valence-corrected chi connectivity index (χ1v) is 15.8. The van der Waals surface area contributed by atoms with Crippen LogP contribution in [-0.2, 0) is 0 Å². The second kappa shape index (κ2) is 10.4. The van der Waals surface area contributed by atoms with Crippen molar-refractivity contribution < 1.29 is 8.83 Å². The van der Waals surface area contributed by atoms with Crippen LogP contribution in [0.4, 0.5) is 0 Å². The number of hydrogen-bond acceptors (Lipinski definition) is 6. The van der Waals surface area contributed by atoms with Crippen molar-refractivity contribution in [1.29, 1.82) is 0 Å². The average molecular weight is 617 g/mol. The highest BCUT2D eigenvalue weighted by Gasteiger charge is 2.20. The van der Waals surface area contributed by atoms with E-state index in [0.29, 0.717) is 17.5 Å². The summed E-state index contributed by atoms with van der Waals surface area (Å²) in [6.45, 7) is 0. The van der Waals surface area contributed by atoms with E-state index in [4.69, 9.17) is 23.8 Å². The zero-order chi connectivity index (χ0) is 31.6. The number of fused-ring (bicyclic) bond motifs is 7. The summed E-state index contributed by atoms with van der Waals surface area (Å²) in [5.41, 5.74) is 8.20. The van der Waals surface area contributed by atoms with E-state index in [1.165, 1.54) is 0 Å². The van der Waals surface area contributed by atoms with Gasteiger partial charge in [-0.3, -0.25) is 4.98 Å². The van der Waals surface area contributed by atoms with Gasteiger partial charge >= 0.3 is 0 Å². The zero-order valence-corrected chi connectivity index (χ0v) is 25.5. The van der Waals surface area contributed by atoms with Crippen molar-refractivity contribution in [3.05, 3.63) is 146 Å². The van der Waals surface area contributed by atoms with Crippen LogP contribution in [0.5, 0.6) is 0 Å². The van der Waals surface area contributed by atoms with E-state index in [1.54, 1.807) is 6.20 Å². The summed E-state index contributed by atoms with van der Waals surface area (Å²) < 4.78 is 12.4. The van der Waals surface area contributed by atoms with E-state index in [2.05, 4.69) is 65.6 Å². The van der Waals surface area contributed by atoms with Crippen LogP contribution in [0.2, 0.25) is 0 Å². The van der Waals surface area contributed by atoms with Crippen molar-refractivity contribution in [2.75, 3.05) is 0 Å². The summed E-state index contributed by atoms with van der Waals surface area (Å²) >= 11 is 0.